The topological polar surface area (TPSA) is 33.1 Å². The second-order valence-electron chi connectivity index (χ2n) is 4.93. The van der Waals surface area contributed by atoms with Crippen LogP contribution in [0, 0.1) is 0 Å². The summed E-state index contributed by atoms with van der Waals surface area (Å²) in [6.45, 7) is 4.00. The Kier molecular flexibility index (Phi) is 4.58. The highest BCUT2D eigenvalue weighted by molar-refractivity contribution is 5.46. The number of hydrogen-bond donors (Lipinski definition) is 1. The summed E-state index contributed by atoms with van der Waals surface area (Å²) >= 11 is 0. The fraction of sp³-hybridized carbons (Fsp3) is 0.400. The second-order valence-corrected chi connectivity index (χ2v) is 4.93. The Morgan fingerprint density at radius 3 is 2.58 bits per heavy atom. The molecular weight excluding hydrogens is 236 g/mol. The molecule has 102 valence electrons. The van der Waals surface area contributed by atoms with Crippen molar-refractivity contribution in [2.24, 2.45) is 0 Å². The molecule has 1 aromatic carbocycles. The van der Waals surface area contributed by atoms with E-state index < -0.39 is 0 Å². The zero-order valence-electron chi connectivity index (χ0n) is 11.9. The van der Waals surface area contributed by atoms with E-state index in [9.17, 15) is 0 Å². The molecule has 4 nitrogen and oxygen atoms in total. The predicted octanol–water partition coefficient (Wildman–Crippen LogP) is 2.30. The van der Waals surface area contributed by atoms with E-state index in [0.717, 1.165) is 13.1 Å². The lowest BCUT2D eigenvalue weighted by atomic mass is 10.1. The van der Waals surface area contributed by atoms with Crippen LogP contribution in [0.5, 0.6) is 0 Å². The molecule has 1 N–H and O–H groups in total. The largest absolute Gasteiger partial charge is 0.378 e. The molecule has 2 aromatic rings. The van der Waals surface area contributed by atoms with Crippen molar-refractivity contribution in [2.45, 2.75) is 19.5 Å². The van der Waals surface area contributed by atoms with Crippen molar-refractivity contribution in [3.63, 3.8) is 0 Å². The van der Waals surface area contributed by atoms with Gasteiger partial charge in [-0.1, -0.05) is 12.1 Å². The summed E-state index contributed by atoms with van der Waals surface area (Å²) in [5, 5.41) is 7.70. The second kappa shape index (κ2) is 6.38. The van der Waals surface area contributed by atoms with Crippen molar-refractivity contribution < 1.29 is 0 Å². The van der Waals surface area contributed by atoms with Crippen LogP contribution in [-0.2, 0) is 6.54 Å². The summed E-state index contributed by atoms with van der Waals surface area (Å²) in [6.07, 6.45) is 3.79. The summed E-state index contributed by atoms with van der Waals surface area (Å²) in [7, 11) is 4.11. The number of benzene rings is 1. The van der Waals surface area contributed by atoms with Gasteiger partial charge in [0.1, 0.15) is 0 Å². The summed E-state index contributed by atoms with van der Waals surface area (Å²) in [4.78, 5) is 2.11. The molecule has 0 aliphatic rings. The molecule has 0 spiro atoms. The van der Waals surface area contributed by atoms with Crippen LogP contribution in [0.1, 0.15) is 18.5 Å². The minimum absolute atomic E-state index is 0.353. The smallest absolute Gasteiger partial charge is 0.0534 e. The van der Waals surface area contributed by atoms with Gasteiger partial charge in [0.05, 0.1) is 6.54 Å². The van der Waals surface area contributed by atoms with Crippen LogP contribution in [-0.4, -0.2) is 30.4 Å². The monoisotopic (exact) mass is 258 g/mol. The quantitative estimate of drug-likeness (QED) is 0.863. The molecule has 0 fully saturated rings. The molecule has 1 atom stereocenters. The van der Waals surface area contributed by atoms with E-state index in [1.165, 1.54) is 11.3 Å². The number of nitrogens with zero attached hydrogens (tertiary/aromatic N) is 3. The van der Waals surface area contributed by atoms with Crippen molar-refractivity contribution in [3.8, 4) is 0 Å². The maximum atomic E-state index is 4.19. The Hall–Kier alpha value is -1.81. The van der Waals surface area contributed by atoms with E-state index in [-0.39, 0.29) is 0 Å². The van der Waals surface area contributed by atoms with Crippen LogP contribution in [0.3, 0.4) is 0 Å². The van der Waals surface area contributed by atoms with E-state index in [4.69, 9.17) is 0 Å². The molecule has 4 heteroatoms. The molecule has 0 saturated heterocycles. The van der Waals surface area contributed by atoms with Crippen LogP contribution in [0.2, 0.25) is 0 Å². The molecule has 19 heavy (non-hydrogen) atoms. The Morgan fingerprint density at radius 1 is 1.26 bits per heavy atom. The molecule has 0 aliphatic heterocycles. The summed E-state index contributed by atoms with van der Waals surface area (Å²) < 4.78 is 1.94. The predicted molar refractivity (Wildman–Crippen MR) is 79.4 cm³/mol. The zero-order valence-corrected chi connectivity index (χ0v) is 11.9. The van der Waals surface area contributed by atoms with Gasteiger partial charge in [0, 0.05) is 44.8 Å². The van der Waals surface area contributed by atoms with Crippen LogP contribution >= 0.6 is 0 Å². The van der Waals surface area contributed by atoms with Gasteiger partial charge in [-0.15, -0.1) is 0 Å². The first kappa shape index (κ1) is 13.6. The van der Waals surface area contributed by atoms with Crippen molar-refractivity contribution in [1.82, 2.24) is 15.1 Å². The Balaban J connectivity index is 1.83. The molecule has 1 unspecified atom stereocenters. The van der Waals surface area contributed by atoms with Crippen LogP contribution < -0.4 is 10.2 Å². The highest BCUT2D eigenvalue weighted by Gasteiger charge is 2.04. The van der Waals surface area contributed by atoms with Gasteiger partial charge in [-0.05, 0) is 30.7 Å². The molecule has 1 aromatic heterocycles. The maximum absolute atomic E-state index is 4.19. The van der Waals surface area contributed by atoms with Gasteiger partial charge in [0.2, 0.25) is 0 Å². The molecule has 0 saturated carbocycles. The molecular formula is C15H22N4. The fourth-order valence-corrected chi connectivity index (χ4v) is 2.01. The SMILES string of the molecule is CC(NCCn1cccn1)c1ccc(N(C)C)cc1. The number of hydrogen-bond acceptors (Lipinski definition) is 3. The van der Waals surface area contributed by atoms with E-state index in [1.807, 2.05) is 23.1 Å². The van der Waals surface area contributed by atoms with Crippen molar-refractivity contribution >= 4 is 5.69 Å². The third kappa shape index (κ3) is 3.83. The Bertz CT molecular complexity index is 473. The summed E-state index contributed by atoms with van der Waals surface area (Å²) in [5.74, 6) is 0. The zero-order chi connectivity index (χ0) is 13.7. The van der Waals surface area contributed by atoms with Gasteiger partial charge in [-0.25, -0.2) is 0 Å². The van der Waals surface area contributed by atoms with Crippen molar-refractivity contribution in [2.75, 3.05) is 25.5 Å². The molecule has 0 amide bonds. The van der Waals surface area contributed by atoms with Gasteiger partial charge in [-0.3, -0.25) is 4.68 Å². The van der Waals surface area contributed by atoms with Crippen LogP contribution in [0.15, 0.2) is 42.7 Å². The number of anilines is 1. The molecule has 0 radical (unpaired) electrons. The van der Waals surface area contributed by atoms with Crippen LogP contribution in [0.25, 0.3) is 0 Å². The Labute approximate surface area is 115 Å². The summed E-state index contributed by atoms with van der Waals surface area (Å²) in [6, 6.07) is 11.0. The van der Waals surface area contributed by atoms with E-state index in [0.29, 0.717) is 6.04 Å². The van der Waals surface area contributed by atoms with Gasteiger partial charge in [0.15, 0.2) is 0 Å². The van der Waals surface area contributed by atoms with E-state index >= 15 is 0 Å². The third-order valence-corrected chi connectivity index (χ3v) is 3.26. The standard InChI is InChI=1S/C15H22N4/c1-13(16-10-12-19-11-4-9-17-19)14-5-7-15(8-6-14)18(2)3/h4-9,11,13,16H,10,12H2,1-3H3. The first-order chi connectivity index (χ1) is 9.16. The molecule has 0 bridgehead atoms. The Morgan fingerprint density at radius 2 is 2.00 bits per heavy atom. The van der Waals surface area contributed by atoms with Crippen LogP contribution in [0.4, 0.5) is 5.69 Å². The van der Waals surface area contributed by atoms with Gasteiger partial charge < -0.3 is 10.2 Å². The normalized spacial score (nSPS) is 12.4. The number of nitrogens with one attached hydrogen (secondary N) is 1. The van der Waals surface area contributed by atoms with E-state index in [2.05, 4.69) is 60.6 Å². The lowest BCUT2D eigenvalue weighted by molar-refractivity contribution is 0.507. The highest BCUT2D eigenvalue weighted by atomic mass is 15.3. The third-order valence-electron chi connectivity index (χ3n) is 3.26. The summed E-state index contributed by atoms with van der Waals surface area (Å²) in [5.41, 5.74) is 2.54. The first-order valence-electron chi connectivity index (χ1n) is 6.65. The van der Waals surface area contributed by atoms with Crippen molar-refractivity contribution in [3.05, 3.63) is 48.3 Å². The fourth-order valence-electron chi connectivity index (χ4n) is 2.01. The minimum atomic E-state index is 0.353. The molecule has 2 rings (SSSR count). The number of rotatable bonds is 6. The molecule has 1 heterocycles. The van der Waals surface area contributed by atoms with Crippen molar-refractivity contribution in [1.29, 1.82) is 0 Å². The molecule has 0 aliphatic carbocycles. The van der Waals surface area contributed by atoms with E-state index in [1.54, 1.807) is 0 Å². The lowest BCUT2D eigenvalue weighted by Crippen LogP contribution is -2.23. The average molecular weight is 258 g/mol. The number of aromatic nitrogens is 2. The van der Waals surface area contributed by atoms with Gasteiger partial charge >= 0.3 is 0 Å². The van der Waals surface area contributed by atoms with Gasteiger partial charge in [-0.2, -0.15) is 5.10 Å². The first-order valence-corrected chi connectivity index (χ1v) is 6.65. The van der Waals surface area contributed by atoms with Gasteiger partial charge in [0.25, 0.3) is 0 Å². The minimum Gasteiger partial charge on any atom is -0.378 e. The highest BCUT2D eigenvalue weighted by Crippen LogP contribution is 2.17. The average Bonchev–Trinajstić information content (AvgIpc) is 2.92. The lowest BCUT2D eigenvalue weighted by Gasteiger charge is -2.17. The maximum Gasteiger partial charge on any atom is 0.0534 e.